The Hall–Kier alpha value is -0.730. The fourth-order valence-electron chi connectivity index (χ4n) is 1.63. The lowest BCUT2D eigenvalue weighted by atomic mass is 10.1. The van der Waals surface area contributed by atoms with Crippen LogP contribution in [0.4, 0.5) is 0 Å². The maximum Gasteiger partial charge on any atom is 0.137 e. The van der Waals surface area contributed by atoms with Gasteiger partial charge in [-0.15, -0.1) is 0 Å². The van der Waals surface area contributed by atoms with Crippen molar-refractivity contribution in [3.05, 3.63) is 29.3 Å². The maximum absolute atomic E-state index is 5.98. The summed E-state index contributed by atoms with van der Waals surface area (Å²) in [6.07, 6.45) is 3.34. The molecule has 0 radical (unpaired) electrons. The van der Waals surface area contributed by atoms with Gasteiger partial charge in [-0.25, -0.2) is 0 Å². The largest absolute Gasteiger partial charge is 0.492 e. The van der Waals surface area contributed by atoms with Crippen molar-refractivity contribution in [1.29, 1.82) is 0 Å². The van der Waals surface area contributed by atoms with E-state index in [1.807, 2.05) is 31.3 Å². The Bertz CT molecular complexity index is 300. The van der Waals surface area contributed by atoms with Crippen LogP contribution in [0.1, 0.15) is 26.2 Å². The van der Waals surface area contributed by atoms with E-state index in [0.29, 0.717) is 11.1 Å². The van der Waals surface area contributed by atoms with Crippen molar-refractivity contribution in [2.24, 2.45) is 0 Å². The summed E-state index contributed by atoms with van der Waals surface area (Å²) < 4.78 is 5.62. The average Bonchev–Trinajstić information content (AvgIpc) is 2.31. The van der Waals surface area contributed by atoms with Gasteiger partial charge in [0.2, 0.25) is 0 Å². The molecule has 1 aromatic carbocycles. The lowest BCUT2D eigenvalue weighted by molar-refractivity contribution is 0.296. The van der Waals surface area contributed by atoms with Crippen LogP contribution < -0.4 is 10.1 Å². The molecule has 1 N–H and O–H groups in total. The molecule has 0 aliphatic rings. The molecule has 16 heavy (non-hydrogen) atoms. The summed E-state index contributed by atoms with van der Waals surface area (Å²) >= 11 is 5.98. The number of nitrogens with one attached hydrogen (secondary N) is 1. The molecule has 0 aliphatic heterocycles. The maximum atomic E-state index is 5.98. The molecule has 1 aromatic rings. The lowest BCUT2D eigenvalue weighted by Gasteiger charge is -2.13. The van der Waals surface area contributed by atoms with E-state index in [0.717, 1.165) is 31.6 Å². The van der Waals surface area contributed by atoms with Gasteiger partial charge in [0.25, 0.3) is 0 Å². The molecule has 0 aliphatic carbocycles. The molecule has 0 spiro atoms. The zero-order valence-electron chi connectivity index (χ0n) is 10.0. The number of halogens is 1. The van der Waals surface area contributed by atoms with Crippen molar-refractivity contribution < 1.29 is 4.74 Å². The van der Waals surface area contributed by atoms with E-state index < -0.39 is 0 Å². The van der Waals surface area contributed by atoms with Gasteiger partial charge in [0.15, 0.2) is 0 Å². The first-order valence-electron chi connectivity index (χ1n) is 5.82. The first kappa shape index (κ1) is 13.3. The Balaban J connectivity index is 2.23. The molecule has 0 amide bonds. The van der Waals surface area contributed by atoms with Gasteiger partial charge in [-0.2, -0.15) is 0 Å². The number of benzene rings is 1. The first-order chi connectivity index (χ1) is 7.77. The molecule has 1 atom stereocenters. The Kier molecular flexibility index (Phi) is 6.27. The monoisotopic (exact) mass is 241 g/mol. The minimum absolute atomic E-state index is 0.592. The fraction of sp³-hybridized carbons (Fsp3) is 0.538. The van der Waals surface area contributed by atoms with Gasteiger partial charge >= 0.3 is 0 Å². The summed E-state index contributed by atoms with van der Waals surface area (Å²) in [5, 5.41) is 3.96. The summed E-state index contributed by atoms with van der Waals surface area (Å²) in [6.45, 7) is 2.91. The second kappa shape index (κ2) is 7.53. The van der Waals surface area contributed by atoms with Crippen molar-refractivity contribution in [2.45, 2.75) is 32.2 Å². The van der Waals surface area contributed by atoms with Crippen LogP contribution in [0.3, 0.4) is 0 Å². The van der Waals surface area contributed by atoms with Gasteiger partial charge in [-0.3, -0.25) is 0 Å². The van der Waals surface area contributed by atoms with Gasteiger partial charge in [0.1, 0.15) is 5.75 Å². The number of para-hydroxylation sites is 1. The van der Waals surface area contributed by atoms with Gasteiger partial charge in [-0.05, 0) is 38.4 Å². The number of rotatable bonds is 7. The average molecular weight is 242 g/mol. The van der Waals surface area contributed by atoms with Gasteiger partial charge in [0, 0.05) is 6.04 Å². The van der Waals surface area contributed by atoms with E-state index in [2.05, 4.69) is 12.2 Å². The van der Waals surface area contributed by atoms with E-state index in [1.165, 1.54) is 0 Å². The SMILES string of the molecule is CCC(CCCOc1ccccc1Cl)NC. The molecule has 0 aromatic heterocycles. The van der Waals surface area contributed by atoms with E-state index in [1.54, 1.807) is 0 Å². The molecule has 3 heteroatoms. The zero-order chi connectivity index (χ0) is 11.8. The smallest absolute Gasteiger partial charge is 0.137 e. The van der Waals surface area contributed by atoms with Crippen LogP contribution in [0.2, 0.25) is 5.02 Å². The standard InChI is InChI=1S/C13H20ClNO/c1-3-11(15-2)7-6-10-16-13-9-5-4-8-12(13)14/h4-5,8-9,11,15H,3,6-7,10H2,1-2H3. The predicted octanol–water partition coefficient (Wildman–Crippen LogP) is 3.50. The molecule has 0 bridgehead atoms. The lowest BCUT2D eigenvalue weighted by Crippen LogP contribution is -2.24. The third-order valence-electron chi connectivity index (χ3n) is 2.69. The number of ether oxygens (including phenoxy) is 1. The van der Waals surface area contributed by atoms with E-state index in [-0.39, 0.29) is 0 Å². The normalized spacial score (nSPS) is 12.4. The van der Waals surface area contributed by atoms with Crippen LogP contribution >= 0.6 is 11.6 Å². The quantitative estimate of drug-likeness (QED) is 0.738. The summed E-state index contributed by atoms with van der Waals surface area (Å²) in [5.74, 6) is 0.779. The van der Waals surface area contributed by atoms with Gasteiger partial charge < -0.3 is 10.1 Å². The molecular formula is C13H20ClNO. The van der Waals surface area contributed by atoms with E-state index >= 15 is 0 Å². The van der Waals surface area contributed by atoms with Crippen LogP contribution in [0.25, 0.3) is 0 Å². The fourth-order valence-corrected chi connectivity index (χ4v) is 1.82. The highest BCUT2D eigenvalue weighted by Crippen LogP contribution is 2.23. The zero-order valence-corrected chi connectivity index (χ0v) is 10.8. The van der Waals surface area contributed by atoms with Crippen molar-refractivity contribution in [2.75, 3.05) is 13.7 Å². The topological polar surface area (TPSA) is 21.3 Å². The second-order valence-electron chi connectivity index (χ2n) is 3.81. The summed E-state index contributed by atoms with van der Waals surface area (Å²) in [7, 11) is 2.00. The van der Waals surface area contributed by atoms with Crippen LogP contribution in [-0.4, -0.2) is 19.7 Å². The van der Waals surface area contributed by atoms with Crippen molar-refractivity contribution in [1.82, 2.24) is 5.32 Å². The van der Waals surface area contributed by atoms with Crippen molar-refractivity contribution in [3.63, 3.8) is 0 Å². The third-order valence-corrected chi connectivity index (χ3v) is 3.00. The number of hydrogen-bond acceptors (Lipinski definition) is 2. The van der Waals surface area contributed by atoms with Crippen molar-refractivity contribution in [3.8, 4) is 5.75 Å². The van der Waals surface area contributed by atoms with Crippen molar-refractivity contribution >= 4 is 11.6 Å². The molecule has 0 saturated heterocycles. The Morgan fingerprint density at radius 1 is 1.38 bits per heavy atom. The highest BCUT2D eigenvalue weighted by molar-refractivity contribution is 6.32. The molecule has 0 saturated carbocycles. The summed E-state index contributed by atoms with van der Waals surface area (Å²) in [4.78, 5) is 0. The molecule has 90 valence electrons. The summed E-state index contributed by atoms with van der Waals surface area (Å²) in [6, 6.07) is 8.18. The van der Waals surface area contributed by atoms with Crippen LogP contribution in [0, 0.1) is 0 Å². The first-order valence-corrected chi connectivity index (χ1v) is 6.20. The van der Waals surface area contributed by atoms with Gasteiger partial charge in [-0.1, -0.05) is 30.7 Å². The molecule has 0 heterocycles. The Labute approximate surface area is 103 Å². The Morgan fingerprint density at radius 2 is 2.12 bits per heavy atom. The minimum Gasteiger partial charge on any atom is -0.492 e. The molecule has 0 fully saturated rings. The predicted molar refractivity (Wildman–Crippen MR) is 69.3 cm³/mol. The van der Waals surface area contributed by atoms with Crippen LogP contribution in [-0.2, 0) is 0 Å². The highest BCUT2D eigenvalue weighted by atomic mass is 35.5. The second-order valence-corrected chi connectivity index (χ2v) is 4.22. The molecule has 1 unspecified atom stereocenters. The van der Waals surface area contributed by atoms with Crippen LogP contribution in [0.5, 0.6) is 5.75 Å². The molecule has 2 nitrogen and oxygen atoms in total. The van der Waals surface area contributed by atoms with Gasteiger partial charge in [0.05, 0.1) is 11.6 Å². The minimum atomic E-state index is 0.592. The highest BCUT2D eigenvalue weighted by Gasteiger charge is 2.03. The number of hydrogen-bond donors (Lipinski definition) is 1. The molecule has 1 rings (SSSR count). The third kappa shape index (κ3) is 4.42. The molecular weight excluding hydrogens is 222 g/mol. The van der Waals surface area contributed by atoms with E-state index in [9.17, 15) is 0 Å². The summed E-state index contributed by atoms with van der Waals surface area (Å²) in [5.41, 5.74) is 0. The van der Waals surface area contributed by atoms with Crippen LogP contribution in [0.15, 0.2) is 24.3 Å². The Morgan fingerprint density at radius 3 is 2.75 bits per heavy atom. The van der Waals surface area contributed by atoms with E-state index in [4.69, 9.17) is 16.3 Å².